The van der Waals surface area contributed by atoms with E-state index in [4.69, 9.17) is 34.4 Å². The van der Waals surface area contributed by atoms with Gasteiger partial charge in [-0.15, -0.1) is 0 Å². The number of nitrogens with zero attached hydrogens (tertiary/aromatic N) is 4. The number of unbranched alkanes of at least 4 members (excludes halogenated alkanes) is 1. The highest BCUT2D eigenvalue weighted by Gasteiger charge is 2.44. The van der Waals surface area contributed by atoms with E-state index in [0.29, 0.717) is 24.8 Å². The van der Waals surface area contributed by atoms with Gasteiger partial charge in [0.25, 0.3) is 0 Å². The Balaban J connectivity index is 1.64. The van der Waals surface area contributed by atoms with Crippen LogP contribution < -0.4 is 92.9 Å². The van der Waals surface area contributed by atoms with Gasteiger partial charge < -0.3 is 118 Å². The minimum Gasteiger partial charge on any atom is -0.508 e. The second-order valence-electron chi connectivity index (χ2n) is 30.8. The summed E-state index contributed by atoms with van der Waals surface area (Å²) >= 11 is 0. The molecule has 14 atom stereocenters. The number of nitrogens with one attached hydrogen (secondary N) is 11. The zero-order valence-corrected chi connectivity index (χ0v) is 67.1. The third-order valence-corrected chi connectivity index (χ3v) is 19.8. The first-order valence-corrected chi connectivity index (χ1v) is 39.5. The lowest BCUT2D eigenvalue weighted by atomic mass is 9.95. The summed E-state index contributed by atoms with van der Waals surface area (Å²) in [7, 11) is 0. The molecule has 642 valence electrons. The van der Waals surface area contributed by atoms with Gasteiger partial charge in [-0.1, -0.05) is 73.9 Å². The Morgan fingerprint density at radius 2 is 0.913 bits per heavy atom. The molecule has 1 aromatic carbocycles. The first kappa shape index (κ1) is 96.4. The van der Waals surface area contributed by atoms with Crippen molar-refractivity contribution < 1.29 is 92.0 Å². The van der Waals surface area contributed by atoms with Crippen LogP contribution in [0.25, 0.3) is 0 Å². The fourth-order valence-electron chi connectivity index (χ4n) is 13.6. The zero-order chi connectivity index (χ0) is 85.9. The molecule has 14 amide bonds. The topological polar surface area (TPSA) is 653 Å². The molecule has 115 heavy (non-hydrogen) atoms. The number of phenolic OH excluding ortho intramolecular Hbond substituents is 1. The molecular formula is C75H123N21O19. The first-order valence-electron chi connectivity index (χ1n) is 39.5. The lowest BCUT2D eigenvalue weighted by Crippen LogP contribution is -2.61. The van der Waals surface area contributed by atoms with Crippen molar-refractivity contribution in [3.8, 4) is 5.75 Å². The molecule has 0 saturated carbocycles. The molecule has 3 saturated heterocycles. The van der Waals surface area contributed by atoms with Gasteiger partial charge in [0.1, 0.15) is 84.3 Å². The smallest absolute Gasteiger partial charge is 0.326 e. The molecule has 40 heteroatoms. The van der Waals surface area contributed by atoms with E-state index in [0.717, 1.165) is 0 Å². The number of aromatic hydroxyl groups is 1. The summed E-state index contributed by atoms with van der Waals surface area (Å²) < 4.78 is 0. The molecule has 0 bridgehead atoms. The maximum Gasteiger partial charge on any atom is 0.326 e. The van der Waals surface area contributed by atoms with Crippen molar-refractivity contribution in [1.82, 2.24) is 68.3 Å². The van der Waals surface area contributed by atoms with Crippen LogP contribution in [0.1, 0.15) is 189 Å². The van der Waals surface area contributed by atoms with Crippen molar-refractivity contribution in [3.05, 3.63) is 29.8 Å². The van der Waals surface area contributed by atoms with E-state index in [2.05, 4.69) is 68.5 Å². The van der Waals surface area contributed by atoms with Crippen LogP contribution in [0.15, 0.2) is 34.3 Å². The van der Waals surface area contributed by atoms with Crippen LogP contribution in [0.5, 0.6) is 5.75 Å². The minimum atomic E-state index is -1.92. The van der Waals surface area contributed by atoms with Crippen LogP contribution in [0.4, 0.5) is 0 Å². The highest BCUT2D eigenvalue weighted by Crippen LogP contribution is 2.25. The molecule has 0 spiro atoms. The SMILES string of the molecule is CC[C@H](C)[C@H](NC(=O)[C@H](CC(C)C)NC(=O)[C@@H]1CCCN1C(=O)[C@H](CCCN=C(N)N)NC(=O)[C@H](CCCN=C(N)N)NC(=O)[C@@H]1CCCN1C(=O)[C@H](CCCCN)NC(=O)[C@H](CC(N)=O)NC(=O)[C@H](CCC(=O)O)NC(=O)[C@H](Cc1ccc(O)cc1)NC(=O)[C@H](CC(C)C)NC(=O)[C@@H]1CCC(=O)N1)C(=O)N[C@@H](CC(C)C)C(=O)O. The van der Waals surface area contributed by atoms with Gasteiger partial charge in [-0.25, -0.2) is 4.79 Å². The van der Waals surface area contributed by atoms with Crippen LogP contribution in [0.2, 0.25) is 0 Å². The third kappa shape index (κ3) is 33.2. The summed E-state index contributed by atoms with van der Waals surface area (Å²) in [5.74, 6) is -16.3. The molecule has 0 unspecified atom stereocenters. The van der Waals surface area contributed by atoms with Crippen LogP contribution in [-0.4, -0.2) is 243 Å². The number of amides is 14. The number of carbonyl (C=O) groups is 16. The number of rotatable bonds is 50. The number of guanidine groups is 2. The lowest BCUT2D eigenvalue weighted by Gasteiger charge is -2.32. The number of aliphatic imine (C=N–C) groups is 2. The van der Waals surface area contributed by atoms with Gasteiger partial charge in [-0.05, 0) is 151 Å². The van der Waals surface area contributed by atoms with E-state index in [9.17, 15) is 82.4 Å². The Morgan fingerprint density at radius 3 is 1.37 bits per heavy atom. The van der Waals surface area contributed by atoms with Crippen molar-refractivity contribution in [3.63, 3.8) is 0 Å². The molecule has 3 fully saturated rings. The van der Waals surface area contributed by atoms with Crippen molar-refractivity contribution in [1.29, 1.82) is 0 Å². The first-order chi connectivity index (χ1) is 54.2. The molecule has 3 heterocycles. The van der Waals surface area contributed by atoms with E-state index >= 15 is 9.59 Å². The van der Waals surface area contributed by atoms with Crippen LogP contribution in [-0.2, 0) is 83.1 Å². The highest BCUT2D eigenvalue weighted by molar-refractivity contribution is 6.01. The Kier molecular flexibility index (Phi) is 40.5. The molecule has 40 nitrogen and oxygen atoms in total. The van der Waals surface area contributed by atoms with Crippen molar-refractivity contribution >= 4 is 107 Å². The van der Waals surface area contributed by atoms with E-state index < -0.39 is 192 Å². The normalized spacial score (nSPS) is 18.1. The number of likely N-dealkylation sites (tertiary alicyclic amines) is 2. The fraction of sp³-hybridized carbons (Fsp3) is 0.680. The summed E-state index contributed by atoms with van der Waals surface area (Å²) in [5.41, 5.74) is 34.4. The van der Waals surface area contributed by atoms with Crippen molar-refractivity contribution in [2.45, 2.75) is 269 Å². The van der Waals surface area contributed by atoms with Crippen LogP contribution >= 0.6 is 0 Å². The van der Waals surface area contributed by atoms with Gasteiger partial charge in [0.15, 0.2) is 11.9 Å². The maximum atomic E-state index is 15.0. The zero-order valence-electron chi connectivity index (χ0n) is 67.1. The Labute approximate surface area is 669 Å². The summed E-state index contributed by atoms with van der Waals surface area (Å²) in [6.45, 7) is 14.3. The standard InChI is InChI=1S/C75H123N21O19/c1-9-42(8)60(70(111)93-54(73(114)115)36-41(6)7)94-67(108)51(35-40(4)5)92-69(110)56-20-15-33-96(56)72(113)49(18-13-31-83-75(80)81)87-61(102)45(17-12-30-82-74(78)79)86-68(109)55-19-14-32-95(55)71(112)48(16-10-11-29-76)88-66(107)53(38-57(77)98)91-63(104)47(26-28-59(100)101)85-65(106)52(37-43-21-23-44(97)24-22-43)90-64(105)50(34-39(2)3)89-62(103)46-25-27-58(99)84-46/h21-24,39-42,45-56,60,97H,9-20,25-38,76H2,1-8H3,(H2,77,98)(H,84,99)(H,85,106)(H,86,109)(H,87,102)(H,88,107)(H,89,103)(H,90,105)(H,91,104)(H,92,110)(H,93,111)(H,94,108)(H,100,101)(H,114,115)(H4,78,79,82)(H4,80,81,83)/t42-,45-,46-,47-,48-,49-,50-,51-,52-,53-,54-,55-,56-,60-/m0/s1. The summed E-state index contributed by atoms with van der Waals surface area (Å²) in [5, 5.41) is 58.6. The Morgan fingerprint density at radius 1 is 0.496 bits per heavy atom. The van der Waals surface area contributed by atoms with Gasteiger partial charge in [0, 0.05) is 45.4 Å². The molecular weight excluding hydrogens is 1500 g/mol. The monoisotopic (exact) mass is 1620 g/mol. The number of carboxylic acids is 2. The average molecular weight is 1620 g/mol. The predicted molar refractivity (Wildman–Crippen MR) is 421 cm³/mol. The number of carboxylic acid groups (broad SMARTS) is 2. The van der Waals surface area contributed by atoms with Crippen LogP contribution in [0.3, 0.4) is 0 Å². The largest absolute Gasteiger partial charge is 0.508 e. The molecule has 4 rings (SSSR count). The van der Waals surface area contributed by atoms with Gasteiger partial charge in [0.2, 0.25) is 82.7 Å². The molecule has 3 aliphatic rings. The number of hydrogen-bond acceptors (Lipinski definition) is 20. The Bertz CT molecular complexity index is 3590. The van der Waals surface area contributed by atoms with Crippen molar-refractivity contribution in [2.75, 3.05) is 32.7 Å². The molecule has 1 aromatic rings. The van der Waals surface area contributed by atoms with E-state index in [1.54, 1.807) is 41.5 Å². The fourth-order valence-corrected chi connectivity index (χ4v) is 13.6. The van der Waals surface area contributed by atoms with Gasteiger partial charge in [0.05, 0.1) is 6.42 Å². The quantitative estimate of drug-likeness (QED) is 0.0169. The van der Waals surface area contributed by atoms with Gasteiger partial charge in [-0.2, -0.15) is 0 Å². The second kappa shape index (κ2) is 48.3. The molecule has 26 N–H and O–H groups in total. The number of benzene rings is 1. The maximum absolute atomic E-state index is 15.0. The number of carbonyl (C=O) groups excluding carboxylic acids is 14. The van der Waals surface area contributed by atoms with Crippen LogP contribution in [0, 0.1) is 23.7 Å². The molecule has 0 aromatic heterocycles. The molecule has 3 aliphatic heterocycles. The second-order valence-corrected chi connectivity index (χ2v) is 30.8. The summed E-state index contributed by atoms with van der Waals surface area (Å²) in [4.78, 5) is 233. The summed E-state index contributed by atoms with van der Waals surface area (Å²) in [6, 6.07) is -12.6. The summed E-state index contributed by atoms with van der Waals surface area (Å²) in [6.07, 6.45) is -0.779. The number of hydrogen-bond donors (Lipinski definition) is 20. The number of phenols is 1. The lowest BCUT2D eigenvalue weighted by molar-refractivity contribution is -0.144. The van der Waals surface area contributed by atoms with E-state index in [1.807, 2.05) is 13.8 Å². The number of aliphatic carboxylic acids is 2. The highest BCUT2D eigenvalue weighted by atomic mass is 16.4. The van der Waals surface area contributed by atoms with E-state index in [1.165, 1.54) is 34.1 Å². The Hall–Kier alpha value is -11.0. The van der Waals surface area contributed by atoms with Crippen molar-refractivity contribution in [2.24, 2.45) is 68.1 Å². The number of primary amides is 1. The molecule has 0 aliphatic carbocycles. The van der Waals surface area contributed by atoms with E-state index in [-0.39, 0.29) is 170 Å². The van der Waals surface area contributed by atoms with Gasteiger partial charge in [-0.3, -0.25) is 81.9 Å². The predicted octanol–water partition coefficient (Wildman–Crippen LogP) is -3.71. The third-order valence-electron chi connectivity index (χ3n) is 19.8. The number of nitrogens with two attached hydrogens (primary N) is 6. The minimum absolute atomic E-state index is 0.0133. The average Bonchev–Trinajstić information content (AvgIpc) is 1.75. The molecule has 0 radical (unpaired) electrons. The van der Waals surface area contributed by atoms with Gasteiger partial charge >= 0.3 is 11.9 Å².